The van der Waals surface area contributed by atoms with Crippen LogP contribution in [0.25, 0.3) is 10.9 Å². The first-order valence-electron chi connectivity index (χ1n) is 8.52. The SMILES string of the molecule is c1ccc2c([C@H](C3CCOCC3)N3CCNCC3)c[nH]c2c1. The summed E-state index contributed by atoms with van der Waals surface area (Å²) in [6.45, 7) is 6.30. The molecule has 0 aliphatic carbocycles. The highest BCUT2D eigenvalue weighted by Gasteiger charge is 2.32. The van der Waals surface area contributed by atoms with Crippen molar-refractivity contribution in [3.63, 3.8) is 0 Å². The molecule has 0 saturated carbocycles. The molecule has 1 atom stereocenters. The maximum absolute atomic E-state index is 5.60. The van der Waals surface area contributed by atoms with Gasteiger partial charge in [0.05, 0.1) is 0 Å². The van der Waals surface area contributed by atoms with E-state index in [-0.39, 0.29) is 0 Å². The van der Waals surface area contributed by atoms with Crippen LogP contribution in [0.15, 0.2) is 30.5 Å². The van der Waals surface area contributed by atoms with E-state index in [1.165, 1.54) is 29.3 Å². The van der Waals surface area contributed by atoms with E-state index >= 15 is 0 Å². The summed E-state index contributed by atoms with van der Waals surface area (Å²) in [6.07, 6.45) is 4.59. The molecule has 2 fully saturated rings. The van der Waals surface area contributed by atoms with Gasteiger partial charge in [0.15, 0.2) is 0 Å². The molecule has 2 aromatic rings. The second-order valence-corrected chi connectivity index (χ2v) is 6.47. The molecule has 22 heavy (non-hydrogen) atoms. The van der Waals surface area contributed by atoms with Gasteiger partial charge >= 0.3 is 0 Å². The number of rotatable bonds is 3. The maximum Gasteiger partial charge on any atom is 0.0469 e. The summed E-state index contributed by atoms with van der Waals surface area (Å²) in [4.78, 5) is 6.16. The lowest BCUT2D eigenvalue weighted by Crippen LogP contribution is -2.47. The molecule has 1 aromatic carbocycles. The minimum Gasteiger partial charge on any atom is -0.381 e. The summed E-state index contributed by atoms with van der Waals surface area (Å²) in [7, 11) is 0. The minimum absolute atomic E-state index is 0.516. The van der Waals surface area contributed by atoms with Crippen molar-refractivity contribution >= 4 is 10.9 Å². The normalized spacial score (nSPS) is 22.9. The number of hydrogen-bond acceptors (Lipinski definition) is 3. The third kappa shape index (κ3) is 2.67. The Kier molecular flexibility index (Phi) is 4.15. The van der Waals surface area contributed by atoms with Gasteiger partial charge in [-0.1, -0.05) is 18.2 Å². The average molecular weight is 299 g/mol. The first-order chi connectivity index (χ1) is 10.9. The largest absolute Gasteiger partial charge is 0.381 e. The third-order valence-electron chi connectivity index (χ3n) is 5.20. The summed E-state index contributed by atoms with van der Waals surface area (Å²) in [5, 5.41) is 4.87. The van der Waals surface area contributed by atoms with Gasteiger partial charge in [0, 0.05) is 62.5 Å². The Labute approximate surface area is 131 Å². The first kappa shape index (κ1) is 14.2. The number of benzene rings is 1. The van der Waals surface area contributed by atoms with Gasteiger partial charge in [-0.2, -0.15) is 0 Å². The quantitative estimate of drug-likeness (QED) is 0.915. The molecule has 2 saturated heterocycles. The highest BCUT2D eigenvalue weighted by atomic mass is 16.5. The average Bonchev–Trinajstić information content (AvgIpc) is 3.01. The van der Waals surface area contributed by atoms with E-state index in [1.54, 1.807) is 0 Å². The molecule has 3 heterocycles. The summed E-state index contributed by atoms with van der Waals surface area (Å²) < 4.78 is 5.60. The lowest BCUT2D eigenvalue weighted by Gasteiger charge is -2.40. The van der Waals surface area contributed by atoms with Crippen LogP contribution in [0.3, 0.4) is 0 Å². The van der Waals surface area contributed by atoms with E-state index in [2.05, 4.69) is 45.7 Å². The fraction of sp³-hybridized carbons (Fsp3) is 0.556. The van der Waals surface area contributed by atoms with Crippen LogP contribution in [0.2, 0.25) is 0 Å². The Morgan fingerprint density at radius 1 is 1.09 bits per heavy atom. The highest BCUT2D eigenvalue weighted by Crippen LogP contribution is 2.38. The maximum atomic E-state index is 5.60. The van der Waals surface area contributed by atoms with E-state index in [9.17, 15) is 0 Å². The number of H-pyrrole nitrogens is 1. The zero-order valence-electron chi connectivity index (χ0n) is 13.1. The minimum atomic E-state index is 0.516. The van der Waals surface area contributed by atoms with Gasteiger partial charge < -0.3 is 15.0 Å². The number of ether oxygens (including phenoxy) is 1. The molecule has 118 valence electrons. The number of piperazine rings is 1. The van der Waals surface area contributed by atoms with Crippen molar-refractivity contribution in [3.05, 3.63) is 36.0 Å². The molecule has 2 N–H and O–H groups in total. The second-order valence-electron chi connectivity index (χ2n) is 6.47. The summed E-state index contributed by atoms with van der Waals surface area (Å²) in [6, 6.07) is 9.21. The number of fused-ring (bicyclic) bond motifs is 1. The monoisotopic (exact) mass is 299 g/mol. The zero-order chi connectivity index (χ0) is 14.8. The van der Waals surface area contributed by atoms with E-state index in [4.69, 9.17) is 4.74 Å². The molecule has 0 spiro atoms. The lowest BCUT2D eigenvalue weighted by atomic mass is 9.85. The van der Waals surface area contributed by atoms with Gasteiger partial charge in [0.25, 0.3) is 0 Å². The molecule has 4 rings (SSSR count). The molecule has 0 unspecified atom stereocenters. The molecule has 1 aromatic heterocycles. The van der Waals surface area contributed by atoms with E-state index in [0.717, 1.165) is 39.4 Å². The molecule has 2 aliphatic heterocycles. The van der Waals surface area contributed by atoms with Crippen molar-refractivity contribution in [1.29, 1.82) is 0 Å². The molecule has 0 bridgehead atoms. The topological polar surface area (TPSA) is 40.3 Å². The van der Waals surface area contributed by atoms with Crippen molar-refractivity contribution in [2.24, 2.45) is 5.92 Å². The van der Waals surface area contributed by atoms with Crippen LogP contribution < -0.4 is 5.32 Å². The van der Waals surface area contributed by atoms with Gasteiger partial charge in [-0.15, -0.1) is 0 Å². The van der Waals surface area contributed by atoms with E-state index in [1.807, 2.05) is 0 Å². The van der Waals surface area contributed by atoms with Crippen molar-refractivity contribution in [2.45, 2.75) is 18.9 Å². The van der Waals surface area contributed by atoms with Crippen LogP contribution in [0.4, 0.5) is 0 Å². The number of aromatic amines is 1. The predicted molar refractivity (Wildman–Crippen MR) is 89.0 cm³/mol. The first-order valence-corrected chi connectivity index (χ1v) is 8.52. The lowest BCUT2D eigenvalue weighted by molar-refractivity contribution is 0.0217. The number of nitrogens with zero attached hydrogens (tertiary/aromatic N) is 1. The molecular weight excluding hydrogens is 274 g/mol. The Hall–Kier alpha value is -1.36. The molecule has 2 aliphatic rings. The van der Waals surface area contributed by atoms with Gasteiger partial charge in [0.2, 0.25) is 0 Å². The molecule has 4 nitrogen and oxygen atoms in total. The number of aromatic nitrogens is 1. The summed E-state index contributed by atoms with van der Waals surface area (Å²) >= 11 is 0. The number of hydrogen-bond donors (Lipinski definition) is 2. The van der Waals surface area contributed by atoms with Crippen molar-refractivity contribution in [1.82, 2.24) is 15.2 Å². The molecule has 0 amide bonds. The predicted octanol–water partition coefficient (Wildman–Crippen LogP) is 2.54. The second kappa shape index (κ2) is 6.41. The molecule has 0 radical (unpaired) electrons. The molecule has 4 heteroatoms. The van der Waals surface area contributed by atoms with Gasteiger partial charge in [0.1, 0.15) is 0 Å². The van der Waals surface area contributed by atoms with Crippen LogP contribution >= 0.6 is 0 Å². The smallest absolute Gasteiger partial charge is 0.0469 e. The Bertz CT molecular complexity index is 594. The van der Waals surface area contributed by atoms with Crippen LogP contribution in [-0.2, 0) is 4.74 Å². The fourth-order valence-electron chi connectivity index (χ4n) is 4.08. The van der Waals surface area contributed by atoms with Gasteiger partial charge in [-0.05, 0) is 30.4 Å². The van der Waals surface area contributed by atoms with E-state index < -0.39 is 0 Å². The zero-order valence-corrected chi connectivity index (χ0v) is 13.1. The number of para-hydroxylation sites is 1. The van der Waals surface area contributed by atoms with Crippen LogP contribution in [0.1, 0.15) is 24.4 Å². The summed E-state index contributed by atoms with van der Waals surface area (Å²) in [5.41, 5.74) is 2.73. The van der Waals surface area contributed by atoms with E-state index in [0.29, 0.717) is 12.0 Å². The number of nitrogens with one attached hydrogen (secondary N) is 2. The third-order valence-corrected chi connectivity index (χ3v) is 5.20. The van der Waals surface area contributed by atoms with Gasteiger partial charge in [-0.3, -0.25) is 4.90 Å². The van der Waals surface area contributed by atoms with Crippen LogP contribution in [0, 0.1) is 5.92 Å². The van der Waals surface area contributed by atoms with Crippen LogP contribution in [0.5, 0.6) is 0 Å². The Morgan fingerprint density at radius 2 is 1.86 bits per heavy atom. The standard InChI is InChI=1S/C18H25N3O/c1-2-4-17-15(3-1)16(13-20-17)18(14-5-11-22-12-6-14)21-9-7-19-8-10-21/h1-4,13-14,18-20H,5-12H2/t18-/m0/s1. The van der Waals surface area contributed by atoms with Crippen molar-refractivity contribution < 1.29 is 4.74 Å². The fourth-order valence-corrected chi connectivity index (χ4v) is 4.08. The Balaban J connectivity index is 1.71. The van der Waals surface area contributed by atoms with Crippen molar-refractivity contribution in [2.75, 3.05) is 39.4 Å². The van der Waals surface area contributed by atoms with Crippen molar-refractivity contribution in [3.8, 4) is 0 Å². The van der Waals surface area contributed by atoms with Crippen LogP contribution in [-0.4, -0.2) is 49.3 Å². The molecular formula is C18H25N3O. The highest BCUT2D eigenvalue weighted by molar-refractivity contribution is 5.83. The Morgan fingerprint density at radius 3 is 2.68 bits per heavy atom. The summed E-state index contributed by atoms with van der Waals surface area (Å²) in [5.74, 6) is 0.700. The van der Waals surface area contributed by atoms with Gasteiger partial charge in [-0.25, -0.2) is 0 Å².